The van der Waals surface area contributed by atoms with Crippen LogP contribution in [0.2, 0.25) is 0 Å². The Bertz CT molecular complexity index is 626. The summed E-state index contributed by atoms with van der Waals surface area (Å²) in [5, 5.41) is 2.83. The van der Waals surface area contributed by atoms with E-state index in [0.717, 1.165) is 12.1 Å². The number of carbonyl (C=O) groups excluding carboxylic acids is 1. The van der Waals surface area contributed by atoms with Gasteiger partial charge in [-0.15, -0.1) is 11.8 Å². The van der Waals surface area contributed by atoms with E-state index < -0.39 is 5.82 Å². The molecule has 0 radical (unpaired) electrons. The number of nitrogen functional groups attached to an aromatic ring is 1. The molecule has 0 unspecified atom stereocenters. The van der Waals surface area contributed by atoms with Crippen molar-refractivity contribution in [1.29, 1.82) is 0 Å². The van der Waals surface area contributed by atoms with Crippen molar-refractivity contribution in [2.45, 2.75) is 18.2 Å². The van der Waals surface area contributed by atoms with Crippen LogP contribution in [0.25, 0.3) is 0 Å². The van der Waals surface area contributed by atoms with Crippen LogP contribution in [0.3, 0.4) is 0 Å². The summed E-state index contributed by atoms with van der Waals surface area (Å²) < 4.78 is 13.2. The minimum Gasteiger partial charge on any atom is -0.399 e. The number of rotatable bonds is 5. The van der Waals surface area contributed by atoms with Gasteiger partial charge in [0.15, 0.2) is 0 Å². The molecule has 2 aromatic rings. The van der Waals surface area contributed by atoms with Crippen LogP contribution in [0.1, 0.15) is 12.5 Å². The molecule has 5 heteroatoms. The van der Waals surface area contributed by atoms with Gasteiger partial charge in [0.1, 0.15) is 5.82 Å². The molecule has 0 fully saturated rings. The van der Waals surface area contributed by atoms with Crippen LogP contribution in [0.4, 0.5) is 15.8 Å². The van der Waals surface area contributed by atoms with Crippen molar-refractivity contribution >= 4 is 29.0 Å². The van der Waals surface area contributed by atoms with E-state index in [1.165, 1.54) is 29.5 Å². The molecule has 0 aliphatic rings. The second-order valence-electron chi connectivity index (χ2n) is 4.61. The highest BCUT2D eigenvalue weighted by atomic mass is 32.2. The molecule has 0 spiro atoms. The Morgan fingerprint density at radius 1 is 1.29 bits per heavy atom. The lowest BCUT2D eigenvalue weighted by Gasteiger charge is -2.07. The van der Waals surface area contributed by atoms with E-state index in [0.29, 0.717) is 10.6 Å². The second kappa shape index (κ2) is 7.13. The van der Waals surface area contributed by atoms with Crippen molar-refractivity contribution in [3.63, 3.8) is 0 Å². The molecular formula is C16H17FN2OS. The van der Waals surface area contributed by atoms with Crippen molar-refractivity contribution in [2.75, 3.05) is 16.8 Å². The Kier molecular flexibility index (Phi) is 5.22. The lowest BCUT2D eigenvalue weighted by molar-refractivity contribution is -0.113. The fourth-order valence-electron chi connectivity index (χ4n) is 1.88. The van der Waals surface area contributed by atoms with Gasteiger partial charge < -0.3 is 11.1 Å². The third-order valence-electron chi connectivity index (χ3n) is 2.88. The monoisotopic (exact) mass is 304 g/mol. The molecule has 2 aromatic carbocycles. The summed E-state index contributed by atoms with van der Waals surface area (Å²) in [6.45, 7) is 2.06. The molecule has 2 rings (SSSR count). The van der Waals surface area contributed by atoms with Gasteiger partial charge in [0.25, 0.3) is 0 Å². The Labute approximate surface area is 127 Å². The lowest BCUT2D eigenvalue weighted by Crippen LogP contribution is -2.14. The molecule has 0 saturated heterocycles. The highest BCUT2D eigenvalue weighted by molar-refractivity contribution is 8.00. The van der Waals surface area contributed by atoms with Gasteiger partial charge in [0, 0.05) is 16.3 Å². The first-order valence-electron chi connectivity index (χ1n) is 6.64. The van der Waals surface area contributed by atoms with Gasteiger partial charge in [-0.1, -0.05) is 19.1 Å². The van der Waals surface area contributed by atoms with Crippen molar-refractivity contribution in [2.24, 2.45) is 0 Å². The number of benzene rings is 2. The number of halogens is 1. The van der Waals surface area contributed by atoms with Crippen LogP contribution in [-0.2, 0) is 11.2 Å². The van der Waals surface area contributed by atoms with Gasteiger partial charge >= 0.3 is 0 Å². The highest BCUT2D eigenvalue weighted by Crippen LogP contribution is 2.22. The first kappa shape index (κ1) is 15.4. The molecule has 0 heterocycles. The van der Waals surface area contributed by atoms with Gasteiger partial charge in [0.05, 0.1) is 5.75 Å². The van der Waals surface area contributed by atoms with E-state index >= 15 is 0 Å². The van der Waals surface area contributed by atoms with E-state index in [4.69, 9.17) is 5.73 Å². The zero-order valence-corrected chi connectivity index (χ0v) is 12.5. The minimum absolute atomic E-state index is 0.129. The Morgan fingerprint density at radius 2 is 2.10 bits per heavy atom. The molecule has 0 aliphatic heterocycles. The average Bonchev–Trinajstić information content (AvgIpc) is 2.44. The molecule has 1 amide bonds. The molecule has 0 saturated carbocycles. The minimum atomic E-state index is -0.395. The van der Waals surface area contributed by atoms with Crippen LogP contribution in [-0.4, -0.2) is 11.7 Å². The average molecular weight is 304 g/mol. The van der Waals surface area contributed by atoms with Crippen LogP contribution in [0.5, 0.6) is 0 Å². The zero-order valence-electron chi connectivity index (χ0n) is 11.7. The molecule has 0 aliphatic carbocycles. The van der Waals surface area contributed by atoms with Crippen molar-refractivity contribution in [3.8, 4) is 0 Å². The SMILES string of the molecule is CCc1cccc(NC(=O)CSc2cc(N)cc(F)c2)c1. The van der Waals surface area contributed by atoms with Crippen molar-refractivity contribution in [3.05, 3.63) is 53.8 Å². The quantitative estimate of drug-likeness (QED) is 0.654. The van der Waals surface area contributed by atoms with Crippen molar-refractivity contribution in [1.82, 2.24) is 0 Å². The van der Waals surface area contributed by atoms with Crippen LogP contribution in [0.15, 0.2) is 47.4 Å². The molecule has 21 heavy (non-hydrogen) atoms. The third kappa shape index (κ3) is 4.79. The Balaban J connectivity index is 1.92. The van der Waals surface area contributed by atoms with Crippen molar-refractivity contribution < 1.29 is 9.18 Å². The largest absolute Gasteiger partial charge is 0.399 e. The summed E-state index contributed by atoms with van der Waals surface area (Å²) >= 11 is 1.25. The lowest BCUT2D eigenvalue weighted by atomic mass is 10.1. The zero-order chi connectivity index (χ0) is 15.2. The summed E-state index contributed by atoms with van der Waals surface area (Å²) in [7, 11) is 0. The van der Waals surface area contributed by atoms with Crippen LogP contribution >= 0.6 is 11.8 Å². The Morgan fingerprint density at radius 3 is 2.81 bits per heavy atom. The number of amides is 1. The number of nitrogens with two attached hydrogens (primary N) is 1. The number of nitrogens with one attached hydrogen (secondary N) is 1. The number of carbonyl (C=O) groups is 1. The molecular weight excluding hydrogens is 287 g/mol. The predicted molar refractivity (Wildman–Crippen MR) is 86.0 cm³/mol. The van der Waals surface area contributed by atoms with Gasteiger partial charge in [0.2, 0.25) is 5.91 Å². The number of thioether (sulfide) groups is 1. The summed E-state index contributed by atoms with van der Waals surface area (Å²) in [5.74, 6) is -0.316. The summed E-state index contributed by atoms with van der Waals surface area (Å²) in [6, 6.07) is 12.0. The van der Waals surface area contributed by atoms with Gasteiger partial charge in [-0.25, -0.2) is 4.39 Å². The maximum Gasteiger partial charge on any atom is 0.234 e. The molecule has 0 bridgehead atoms. The first-order valence-corrected chi connectivity index (χ1v) is 7.63. The summed E-state index contributed by atoms with van der Waals surface area (Å²) in [4.78, 5) is 12.5. The topological polar surface area (TPSA) is 55.1 Å². The molecule has 0 atom stereocenters. The van der Waals surface area contributed by atoms with Gasteiger partial charge in [-0.2, -0.15) is 0 Å². The van der Waals surface area contributed by atoms with Crippen LogP contribution < -0.4 is 11.1 Å². The van der Waals surface area contributed by atoms with E-state index in [9.17, 15) is 9.18 Å². The van der Waals surface area contributed by atoms with Gasteiger partial charge in [-0.05, 0) is 42.3 Å². The molecule has 3 N–H and O–H groups in total. The molecule has 3 nitrogen and oxygen atoms in total. The maximum atomic E-state index is 13.2. The number of anilines is 2. The standard InChI is InChI=1S/C16H17FN2OS/c1-2-11-4-3-5-14(6-11)19-16(20)10-21-15-8-12(17)7-13(18)9-15/h3-9H,2,10,18H2,1H3,(H,19,20). The van der Waals surface area contributed by atoms with E-state index in [-0.39, 0.29) is 11.7 Å². The van der Waals surface area contributed by atoms with Crippen LogP contribution in [0, 0.1) is 5.82 Å². The van der Waals surface area contributed by atoms with E-state index in [1.807, 2.05) is 24.3 Å². The van der Waals surface area contributed by atoms with E-state index in [1.54, 1.807) is 6.07 Å². The fraction of sp³-hybridized carbons (Fsp3) is 0.188. The number of hydrogen-bond acceptors (Lipinski definition) is 3. The molecule has 0 aromatic heterocycles. The van der Waals surface area contributed by atoms with E-state index in [2.05, 4.69) is 12.2 Å². The number of hydrogen-bond donors (Lipinski definition) is 2. The third-order valence-corrected chi connectivity index (χ3v) is 3.86. The smallest absolute Gasteiger partial charge is 0.234 e. The fourth-order valence-corrected chi connectivity index (χ4v) is 2.67. The number of aryl methyl sites for hydroxylation is 1. The Hall–Kier alpha value is -2.01. The highest BCUT2D eigenvalue weighted by Gasteiger charge is 2.06. The first-order chi connectivity index (χ1) is 10.1. The van der Waals surface area contributed by atoms with Gasteiger partial charge in [-0.3, -0.25) is 4.79 Å². The normalized spacial score (nSPS) is 10.4. The summed E-state index contributed by atoms with van der Waals surface area (Å²) in [5.41, 5.74) is 7.86. The summed E-state index contributed by atoms with van der Waals surface area (Å²) in [6.07, 6.45) is 0.918. The molecule has 110 valence electrons. The maximum absolute atomic E-state index is 13.2. The predicted octanol–water partition coefficient (Wildman–Crippen LogP) is 3.70. The second-order valence-corrected chi connectivity index (χ2v) is 5.66.